The van der Waals surface area contributed by atoms with Gasteiger partial charge in [0, 0.05) is 42.1 Å². The second-order valence-corrected chi connectivity index (χ2v) is 9.29. The van der Waals surface area contributed by atoms with E-state index in [1.54, 1.807) is 7.11 Å². The van der Waals surface area contributed by atoms with Crippen molar-refractivity contribution < 1.29 is 9.53 Å². The smallest absolute Gasteiger partial charge is 0.251 e. The molecule has 1 fully saturated rings. The number of hydrogen-bond donors (Lipinski definition) is 1. The largest absolute Gasteiger partial charge is 0.497 e. The van der Waals surface area contributed by atoms with Crippen LogP contribution in [0.4, 0.5) is 0 Å². The van der Waals surface area contributed by atoms with Gasteiger partial charge in [0.1, 0.15) is 5.76 Å². The first-order valence-corrected chi connectivity index (χ1v) is 11.9. The molecule has 0 radical (unpaired) electrons. The van der Waals surface area contributed by atoms with Crippen LogP contribution in [-0.4, -0.2) is 48.2 Å². The molecule has 0 spiro atoms. The lowest BCUT2D eigenvalue weighted by Gasteiger charge is -2.22. The number of allylic oxidation sites excluding steroid dienone is 3. The Bertz CT molecular complexity index is 1090. The van der Waals surface area contributed by atoms with Gasteiger partial charge in [0.05, 0.1) is 7.11 Å². The summed E-state index contributed by atoms with van der Waals surface area (Å²) in [4.78, 5) is 15.3. The molecule has 1 aliphatic carbocycles. The standard InChI is InChI=1S/C27H33N3O2/c1-4-29-11-5-6-22(29)16-28-27(31)19-8-10-26-20(12-19)13-23-14-21(17-30(23)26)25-15-24(32-3)9-7-18(25)2/h8-10,12,14-15,17-18,22H,4-7,11,13,16H2,1-3H3,(H,28,31). The zero-order valence-electron chi connectivity index (χ0n) is 19.4. The summed E-state index contributed by atoms with van der Waals surface area (Å²) in [6.07, 6.45) is 10.8. The van der Waals surface area contributed by atoms with E-state index in [2.05, 4.69) is 65.2 Å². The number of carbonyl (C=O) groups excluding carboxylic acids is 1. The molecule has 1 aromatic heterocycles. The molecule has 168 valence electrons. The first kappa shape index (κ1) is 21.1. The van der Waals surface area contributed by atoms with Gasteiger partial charge in [0.2, 0.25) is 0 Å². The Balaban J connectivity index is 1.31. The minimum absolute atomic E-state index is 0.0353. The molecule has 2 aliphatic heterocycles. The van der Waals surface area contributed by atoms with Crippen molar-refractivity contribution in [2.45, 2.75) is 45.6 Å². The van der Waals surface area contributed by atoms with Crippen LogP contribution in [0, 0.1) is 5.92 Å². The third kappa shape index (κ3) is 3.79. The van der Waals surface area contributed by atoms with Gasteiger partial charge in [0.25, 0.3) is 5.91 Å². The number of likely N-dealkylation sites (N-methyl/N-ethyl adjacent to an activating group) is 1. The Labute approximate surface area is 190 Å². The molecule has 5 rings (SSSR count). The Morgan fingerprint density at radius 3 is 2.97 bits per heavy atom. The Morgan fingerprint density at radius 1 is 1.28 bits per heavy atom. The van der Waals surface area contributed by atoms with E-state index in [0.29, 0.717) is 12.0 Å². The van der Waals surface area contributed by atoms with Crippen LogP contribution in [0.25, 0.3) is 11.3 Å². The molecule has 2 aromatic rings. The maximum Gasteiger partial charge on any atom is 0.251 e. The molecule has 3 heterocycles. The highest BCUT2D eigenvalue weighted by atomic mass is 16.5. The number of nitrogens with one attached hydrogen (secondary N) is 1. The van der Waals surface area contributed by atoms with E-state index in [1.807, 2.05) is 6.07 Å². The van der Waals surface area contributed by atoms with E-state index < -0.39 is 0 Å². The predicted molar refractivity (Wildman–Crippen MR) is 128 cm³/mol. The predicted octanol–water partition coefficient (Wildman–Crippen LogP) is 4.55. The molecule has 0 saturated carbocycles. The highest BCUT2D eigenvalue weighted by Crippen LogP contribution is 2.37. The van der Waals surface area contributed by atoms with Gasteiger partial charge < -0.3 is 14.6 Å². The SMILES string of the molecule is CCN1CCCC1CNC(=O)c1ccc2c(c1)Cc1cc(C3=CC(OC)=CCC3C)cn1-2. The zero-order valence-corrected chi connectivity index (χ0v) is 19.4. The monoisotopic (exact) mass is 431 g/mol. The number of ether oxygens (including phenoxy) is 1. The molecule has 1 amide bonds. The van der Waals surface area contributed by atoms with Crippen LogP contribution in [0.1, 0.15) is 60.3 Å². The molecular formula is C27H33N3O2. The van der Waals surface area contributed by atoms with Gasteiger partial charge in [-0.3, -0.25) is 9.69 Å². The molecule has 2 atom stereocenters. The minimum atomic E-state index is 0.0353. The zero-order chi connectivity index (χ0) is 22.2. The quantitative estimate of drug-likeness (QED) is 0.623. The number of carbonyl (C=O) groups is 1. The number of benzene rings is 1. The van der Waals surface area contributed by atoms with Gasteiger partial charge in [-0.05, 0) is 91.4 Å². The Kier molecular flexibility index (Phi) is 5.68. The fourth-order valence-corrected chi connectivity index (χ4v) is 5.46. The van der Waals surface area contributed by atoms with E-state index in [9.17, 15) is 4.79 Å². The summed E-state index contributed by atoms with van der Waals surface area (Å²) in [5.41, 5.74) is 7.03. The van der Waals surface area contributed by atoms with Gasteiger partial charge in [-0.2, -0.15) is 0 Å². The van der Waals surface area contributed by atoms with Crippen molar-refractivity contribution in [1.82, 2.24) is 14.8 Å². The van der Waals surface area contributed by atoms with Crippen molar-refractivity contribution in [2.75, 3.05) is 26.7 Å². The average Bonchev–Trinajstić information content (AvgIpc) is 3.51. The van der Waals surface area contributed by atoms with Crippen molar-refractivity contribution in [3.8, 4) is 5.69 Å². The number of hydrogen-bond acceptors (Lipinski definition) is 3. The third-order valence-corrected chi connectivity index (χ3v) is 7.35. The summed E-state index contributed by atoms with van der Waals surface area (Å²) in [6, 6.07) is 8.89. The summed E-state index contributed by atoms with van der Waals surface area (Å²) in [5.74, 6) is 1.46. The maximum absolute atomic E-state index is 12.8. The lowest BCUT2D eigenvalue weighted by atomic mass is 9.88. The maximum atomic E-state index is 12.8. The van der Waals surface area contributed by atoms with Gasteiger partial charge in [-0.15, -0.1) is 0 Å². The van der Waals surface area contributed by atoms with Gasteiger partial charge >= 0.3 is 0 Å². The molecule has 3 aliphatic rings. The fourth-order valence-electron chi connectivity index (χ4n) is 5.46. The summed E-state index contributed by atoms with van der Waals surface area (Å²) in [6.45, 7) is 7.40. The van der Waals surface area contributed by atoms with Crippen LogP contribution in [0.3, 0.4) is 0 Å². The first-order chi connectivity index (χ1) is 15.6. The molecule has 5 nitrogen and oxygen atoms in total. The van der Waals surface area contributed by atoms with E-state index in [0.717, 1.165) is 43.8 Å². The van der Waals surface area contributed by atoms with Gasteiger partial charge in [0.15, 0.2) is 0 Å². The first-order valence-electron chi connectivity index (χ1n) is 11.9. The normalized spacial score (nSPS) is 22.2. The Morgan fingerprint density at radius 2 is 2.16 bits per heavy atom. The van der Waals surface area contributed by atoms with Gasteiger partial charge in [-0.1, -0.05) is 13.8 Å². The number of amides is 1. The van der Waals surface area contributed by atoms with E-state index in [1.165, 1.54) is 40.9 Å². The van der Waals surface area contributed by atoms with E-state index in [-0.39, 0.29) is 5.91 Å². The molecule has 1 saturated heterocycles. The third-order valence-electron chi connectivity index (χ3n) is 7.35. The van der Waals surface area contributed by atoms with Crippen LogP contribution >= 0.6 is 0 Å². The summed E-state index contributed by atoms with van der Waals surface area (Å²) in [5, 5.41) is 3.17. The highest BCUT2D eigenvalue weighted by Gasteiger charge is 2.25. The number of aromatic nitrogens is 1. The van der Waals surface area contributed by atoms with Gasteiger partial charge in [-0.25, -0.2) is 0 Å². The average molecular weight is 432 g/mol. The topological polar surface area (TPSA) is 46.5 Å². The van der Waals surface area contributed by atoms with Crippen molar-refractivity contribution in [2.24, 2.45) is 5.92 Å². The molecule has 32 heavy (non-hydrogen) atoms. The number of methoxy groups -OCH3 is 1. The van der Waals surface area contributed by atoms with Crippen molar-refractivity contribution in [3.05, 3.63) is 70.8 Å². The number of fused-ring (bicyclic) bond motifs is 3. The van der Waals surface area contributed by atoms with Crippen LogP contribution < -0.4 is 5.32 Å². The molecule has 2 unspecified atom stereocenters. The minimum Gasteiger partial charge on any atom is -0.497 e. The molecular weight excluding hydrogens is 398 g/mol. The molecule has 5 heteroatoms. The number of rotatable bonds is 6. The van der Waals surface area contributed by atoms with Crippen LogP contribution in [-0.2, 0) is 11.2 Å². The molecule has 1 N–H and O–H groups in total. The second kappa shape index (κ2) is 8.62. The van der Waals surface area contributed by atoms with E-state index >= 15 is 0 Å². The summed E-state index contributed by atoms with van der Waals surface area (Å²) >= 11 is 0. The molecule has 1 aromatic carbocycles. The second-order valence-electron chi connectivity index (χ2n) is 9.29. The van der Waals surface area contributed by atoms with Crippen LogP contribution in [0.15, 0.2) is 48.4 Å². The number of likely N-dealkylation sites (tertiary alicyclic amines) is 1. The lowest BCUT2D eigenvalue weighted by molar-refractivity contribution is 0.0941. The fraction of sp³-hybridized carbons (Fsp3) is 0.444. The summed E-state index contributed by atoms with van der Waals surface area (Å²) in [7, 11) is 1.73. The van der Waals surface area contributed by atoms with Crippen LogP contribution in [0.5, 0.6) is 0 Å². The molecule has 0 bridgehead atoms. The van der Waals surface area contributed by atoms with Crippen LogP contribution in [0.2, 0.25) is 0 Å². The summed E-state index contributed by atoms with van der Waals surface area (Å²) < 4.78 is 7.74. The number of nitrogens with zero attached hydrogens (tertiary/aromatic N) is 2. The van der Waals surface area contributed by atoms with Crippen molar-refractivity contribution in [1.29, 1.82) is 0 Å². The highest BCUT2D eigenvalue weighted by molar-refractivity contribution is 5.94. The van der Waals surface area contributed by atoms with Crippen molar-refractivity contribution >= 4 is 11.5 Å². The lowest BCUT2D eigenvalue weighted by Crippen LogP contribution is -2.40. The van der Waals surface area contributed by atoms with E-state index in [4.69, 9.17) is 4.74 Å². The van der Waals surface area contributed by atoms with Crippen molar-refractivity contribution in [3.63, 3.8) is 0 Å². The Hall–Kier alpha value is -2.79.